The molecule has 2 rings (SSSR count). The van der Waals surface area contributed by atoms with Crippen LogP contribution in [0.25, 0.3) is 0 Å². The van der Waals surface area contributed by atoms with Gasteiger partial charge in [0.25, 0.3) is 11.8 Å². The van der Waals surface area contributed by atoms with Gasteiger partial charge in [0, 0.05) is 18.7 Å². The van der Waals surface area contributed by atoms with Crippen molar-refractivity contribution in [2.75, 3.05) is 45.9 Å². The summed E-state index contributed by atoms with van der Waals surface area (Å²) >= 11 is 0. The van der Waals surface area contributed by atoms with E-state index < -0.39 is 0 Å². The Morgan fingerprint density at radius 1 is 1.09 bits per heavy atom. The number of rotatable bonds is 6. The maximum atomic E-state index is 11.9. The Kier molecular flexibility index (Phi) is 6.36. The van der Waals surface area contributed by atoms with E-state index in [4.69, 9.17) is 4.74 Å². The van der Waals surface area contributed by atoms with Crippen molar-refractivity contribution in [3.63, 3.8) is 0 Å². The molecule has 0 saturated carbocycles. The lowest BCUT2D eigenvalue weighted by Crippen LogP contribution is -3.15. The van der Waals surface area contributed by atoms with E-state index in [1.165, 1.54) is 4.90 Å². The predicted molar refractivity (Wildman–Crippen MR) is 82.9 cm³/mol. The Hall–Kier alpha value is -1.92. The molecule has 0 radical (unpaired) electrons. The Bertz CT molecular complexity index is 496. The number of morpholine rings is 1. The topological polar surface area (TPSA) is 71.9 Å². The minimum absolute atomic E-state index is 0.0153. The summed E-state index contributed by atoms with van der Waals surface area (Å²) < 4.78 is 5.26. The second kappa shape index (κ2) is 8.51. The normalized spacial score (nSPS) is 15.3. The van der Waals surface area contributed by atoms with E-state index in [1.54, 1.807) is 12.1 Å². The van der Waals surface area contributed by atoms with E-state index in [2.05, 4.69) is 10.6 Å². The fraction of sp³-hybridized carbons (Fsp3) is 0.500. The Morgan fingerprint density at radius 2 is 1.73 bits per heavy atom. The summed E-state index contributed by atoms with van der Waals surface area (Å²) in [4.78, 5) is 24.9. The van der Waals surface area contributed by atoms with Crippen molar-refractivity contribution < 1.29 is 19.2 Å². The molecule has 1 saturated heterocycles. The highest BCUT2D eigenvalue weighted by Gasteiger charge is 2.17. The third kappa shape index (κ3) is 5.46. The highest BCUT2D eigenvalue weighted by Crippen LogP contribution is 2.02. The molecule has 120 valence electrons. The van der Waals surface area contributed by atoms with Crippen molar-refractivity contribution in [2.24, 2.45) is 0 Å². The highest BCUT2D eigenvalue weighted by atomic mass is 16.5. The lowest BCUT2D eigenvalue weighted by Gasteiger charge is -2.23. The van der Waals surface area contributed by atoms with Crippen LogP contribution >= 0.6 is 0 Å². The van der Waals surface area contributed by atoms with E-state index in [1.807, 2.05) is 19.1 Å². The summed E-state index contributed by atoms with van der Waals surface area (Å²) in [5.41, 5.74) is 1.75. The first-order valence-corrected chi connectivity index (χ1v) is 7.68. The first-order valence-electron chi connectivity index (χ1n) is 7.68. The van der Waals surface area contributed by atoms with Gasteiger partial charge in [0.2, 0.25) is 0 Å². The van der Waals surface area contributed by atoms with Crippen LogP contribution < -0.4 is 15.5 Å². The molecule has 0 aromatic heterocycles. The fourth-order valence-electron chi connectivity index (χ4n) is 2.31. The van der Waals surface area contributed by atoms with Gasteiger partial charge in [-0.1, -0.05) is 17.7 Å². The third-order valence-corrected chi connectivity index (χ3v) is 3.66. The van der Waals surface area contributed by atoms with Gasteiger partial charge in [-0.15, -0.1) is 0 Å². The molecule has 1 aliphatic heterocycles. The molecule has 0 bridgehead atoms. The molecule has 0 aliphatic carbocycles. The summed E-state index contributed by atoms with van der Waals surface area (Å²) in [5, 5.41) is 5.63. The van der Waals surface area contributed by atoms with Gasteiger partial charge in [-0.25, -0.2) is 0 Å². The van der Waals surface area contributed by atoms with E-state index >= 15 is 0 Å². The van der Waals surface area contributed by atoms with E-state index in [0.29, 0.717) is 25.2 Å². The predicted octanol–water partition coefficient (Wildman–Crippen LogP) is -1.24. The van der Waals surface area contributed by atoms with Crippen LogP contribution in [0.1, 0.15) is 15.9 Å². The molecule has 3 N–H and O–H groups in total. The lowest BCUT2D eigenvalue weighted by atomic mass is 10.1. The van der Waals surface area contributed by atoms with Crippen LogP contribution in [-0.2, 0) is 9.53 Å². The standard InChI is InChI=1S/C16H23N3O3/c1-13-2-4-14(5-3-13)16(21)18-7-6-17-15(20)12-19-8-10-22-11-9-19/h2-5H,6-12H2,1H3,(H,17,20)(H,18,21)/p+1. The molecule has 1 aromatic carbocycles. The number of hydrogen-bond acceptors (Lipinski definition) is 3. The average molecular weight is 306 g/mol. The molecule has 0 spiro atoms. The summed E-state index contributed by atoms with van der Waals surface area (Å²) in [7, 11) is 0. The number of aryl methyl sites for hydroxylation is 1. The van der Waals surface area contributed by atoms with Gasteiger partial charge in [0.05, 0.1) is 13.2 Å². The van der Waals surface area contributed by atoms with E-state index in [0.717, 1.165) is 31.9 Å². The SMILES string of the molecule is Cc1ccc(C(=O)NCCNC(=O)C[NH+]2CCOCC2)cc1. The zero-order valence-corrected chi connectivity index (χ0v) is 13.0. The van der Waals surface area contributed by atoms with Crippen molar-refractivity contribution in [3.8, 4) is 0 Å². The molecular weight excluding hydrogens is 282 g/mol. The maximum absolute atomic E-state index is 11.9. The second-order valence-corrected chi connectivity index (χ2v) is 5.51. The molecular formula is C16H24N3O3+. The number of quaternary nitrogens is 1. The molecule has 1 heterocycles. The number of amides is 2. The van der Waals surface area contributed by atoms with E-state index in [9.17, 15) is 9.59 Å². The number of nitrogens with one attached hydrogen (secondary N) is 3. The molecule has 1 fully saturated rings. The second-order valence-electron chi connectivity index (χ2n) is 5.51. The van der Waals surface area contributed by atoms with Crippen LogP contribution in [0.3, 0.4) is 0 Å². The minimum atomic E-state index is -0.118. The minimum Gasteiger partial charge on any atom is -0.370 e. The largest absolute Gasteiger partial charge is 0.370 e. The van der Waals surface area contributed by atoms with Crippen LogP contribution in [0, 0.1) is 6.92 Å². The molecule has 2 amide bonds. The van der Waals surface area contributed by atoms with Gasteiger partial charge >= 0.3 is 0 Å². The first kappa shape index (κ1) is 16.5. The number of carbonyl (C=O) groups excluding carboxylic acids is 2. The number of carbonyl (C=O) groups is 2. The van der Waals surface area contributed by atoms with Crippen LogP contribution in [0.15, 0.2) is 24.3 Å². The van der Waals surface area contributed by atoms with Gasteiger partial charge in [0.1, 0.15) is 13.1 Å². The van der Waals surface area contributed by atoms with Gasteiger partial charge in [-0.05, 0) is 19.1 Å². The van der Waals surface area contributed by atoms with Crippen molar-refractivity contribution >= 4 is 11.8 Å². The Labute approximate surface area is 130 Å². The molecule has 1 aliphatic rings. The average Bonchev–Trinajstić information content (AvgIpc) is 2.53. The van der Waals surface area contributed by atoms with Gasteiger partial charge < -0.3 is 20.3 Å². The molecule has 22 heavy (non-hydrogen) atoms. The van der Waals surface area contributed by atoms with Gasteiger partial charge in [-0.2, -0.15) is 0 Å². The van der Waals surface area contributed by atoms with Gasteiger partial charge in [-0.3, -0.25) is 9.59 Å². The third-order valence-electron chi connectivity index (χ3n) is 3.66. The van der Waals surface area contributed by atoms with E-state index in [-0.39, 0.29) is 11.8 Å². The van der Waals surface area contributed by atoms with Crippen LogP contribution in [0.4, 0.5) is 0 Å². The fourth-order valence-corrected chi connectivity index (χ4v) is 2.31. The van der Waals surface area contributed by atoms with Crippen molar-refractivity contribution in [3.05, 3.63) is 35.4 Å². The highest BCUT2D eigenvalue weighted by molar-refractivity contribution is 5.94. The number of benzene rings is 1. The van der Waals surface area contributed by atoms with Crippen molar-refractivity contribution in [1.82, 2.24) is 10.6 Å². The summed E-state index contributed by atoms with van der Waals surface area (Å²) in [5.74, 6) is -0.102. The maximum Gasteiger partial charge on any atom is 0.275 e. The smallest absolute Gasteiger partial charge is 0.275 e. The Morgan fingerprint density at radius 3 is 2.41 bits per heavy atom. The molecule has 1 aromatic rings. The van der Waals surface area contributed by atoms with Crippen LogP contribution in [0.5, 0.6) is 0 Å². The van der Waals surface area contributed by atoms with Crippen molar-refractivity contribution in [2.45, 2.75) is 6.92 Å². The quantitative estimate of drug-likeness (QED) is 0.576. The zero-order valence-electron chi connectivity index (χ0n) is 13.0. The molecule has 0 atom stereocenters. The summed E-state index contributed by atoms with van der Waals surface area (Å²) in [6.07, 6.45) is 0. The Balaban J connectivity index is 1.61. The van der Waals surface area contributed by atoms with Crippen LogP contribution in [0.2, 0.25) is 0 Å². The first-order chi connectivity index (χ1) is 10.6. The lowest BCUT2D eigenvalue weighted by molar-refractivity contribution is -0.900. The molecule has 6 nitrogen and oxygen atoms in total. The van der Waals surface area contributed by atoms with Crippen LogP contribution in [-0.4, -0.2) is 57.8 Å². The number of ether oxygens (including phenoxy) is 1. The summed E-state index contributed by atoms with van der Waals surface area (Å²) in [6, 6.07) is 7.40. The van der Waals surface area contributed by atoms with Crippen molar-refractivity contribution in [1.29, 1.82) is 0 Å². The van der Waals surface area contributed by atoms with Gasteiger partial charge in [0.15, 0.2) is 6.54 Å². The number of hydrogen-bond donors (Lipinski definition) is 3. The summed E-state index contributed by atoms with van der Waals surface area (Å²) in [6.45, 7) is 6.50. The zero-order chi connectivity index (χ0) is 15.8. The molecule has 0 unspecified atom stereocenters. The molecule has 6 heteroatoms. The monoisotopic (exact) mass is 306 g/mol.